The second-order valence-corrected chi connectivity index (χ2v) is 8.39. The summed E-state index contributed by atoms with van der Waals surface area (Å²) in [7, 11) is 0. The summed E-state index contributed by atoms with van der Waals surface area (Å²) in [5, 5.41) is 5.81. The molecule has 1 saturated heterocycles. The Hall–Kier alpha value is -2.22. The first-order chi connectivity index (χ1) is 13.2. The predicted octanol–water partition coefficient (Wildman–Crippen LogP) is 4.99. The molecule has 1 amide bonds. The fraction of sp³-hybridized carbons (Fsp3) is 0.300. The van der Waals surface area contributed by atoms with Crippen LogP contribution < -0.4 is 10.1 Å². The van der Waals surface area contributed by atoms with Crippen molar-refractivity contribution in [2.45, 2.75) is 25.9 Å². The van der Waals surface area contributed by atoms with Crippen molar-refractivity contribution < 1.29 is 14.3 Å². The molecule has 0 saturated carbocycles. The van der Waals surface area contributed by atoms with Gasteiger partial charge in [-0.05, 0) is 48.9 Å². The van der Waals surface area contributed by atoms with Gasteiger partial charge in [-0.2, -0.15) is 0 Å². The van der Waals surface area contributed by atoms with Crippen molar-refractivity contribution in [3.63, 3.8) is 0 Å². The Morgan fingerprint density at radius 2 is 2.33 bits per heavy atom. The number of carbonyl (C=O) groups is 1. The van der Waals surface area contributed by atoms with Crippen molar-refractivity contribution >= 4 is 34.3 Å². The smallest absolute Gasteiger partial charge is 0.267 e. The Balaban J connectivity index is 1.47. The van der Waals surface area contributed by atoms with Gasteiger partial charge in [-0.25, -0.2) is 4.98 Å². The molecule has 140 valence electrons. The van der Waals surface area contributed by atoms with E-state index in [4.69, 9.17) is 9.47 Å². The molecule has 0 bridgehead atoms. The summed E-state index contributed by atoms with van der Waals surface area (Å²) >= 11 is 3.00. The molecule has 5 nitrogen and oxygen atoms in total. The van der Waals surface area contributed by atoms with E-state index in [9.17, 15) is 4.79 Å². The van der Waals surface area contributed by atoms with Crippen molar-refractivity contribution in [2.24, 2.45) is 0 Å². The van der Waals surface area contributed by atoms with Crippen LogP contribution in [0.15, 0.2) is 41.9 Å². The molecule has 7 heteroatoms. The number of aryl methyl sites for hydroxylation is 1. The first-order valence-corrected chi connectivity index (χ1v) is 10.5. The molecule has 1 N–H and O–H groups in total. The average molecular weight is 401 g/mol. The quantitative estimate of drug-likeness (QED) is 0.633. The largest absolute Gasteiger partial charge is 0.489 e. The predicted molar refractivity (Wildman–Crippen MR) is 109 cm³/mol. The number of benzene rings is 1. The zero-order valence-electron chi connectivity index (χ0n) is 14.9. The molecular weight excluding hydrogens is 380 g/mol. The van der Waals surface area contributed by atoms with Crippen LogP contribution in [0.1, 0.15) is 28.1 Å². The zero-order chi connectivity index (χ0) is 18.6. The van der Waals surface area contributed by atoms with E-state index in [1.807, 2.05) is 42.6 Å². The SMILES string of the molecule is Cc1ccc(NC(=O)c2cnc(-c3cccs3)s2)c(OCC2CCCO2)c1. The number of carbonyl (C=O) groups excluding carboxylic acids is 1. The first-order valence-electron chi connectivity index (χ1n) is 8.85. The molecule has 1 aromatic carbocycles. The van der Waals surface area contributed by atoms with E-state index in [1.165, 1.54) is 11.3 Å². The summed E-state index contributed by atoms with van der Waals surface area (Å²) in [6.45, 7) is 3.29. The Bertz CT molecular complexity index is 915. The van der Waals surface area contributed by atoms with Crippen LogP contribution in [0.3, 0.4) is 0 Å². The highest BCUT2D eigenvalue weighted by Crippen LogP contribution is 2.31. The Morgan fingerprint density at radius 1 is 1.41 bits per heavy atom. The van der Waals surface area contributed by atoms with Crippen LogP contribution in [-0.4, -0.2) is 30.2 Å². The van der Waals surface area contributed by atoms with Gasteiger partial charge in [0.05, 0.1) is 22.9 Å². The van der Waals surface area contributed by atoms with E-state index in [0.29, 0.717) is 22.9 Å². The molecule has 0 aliphatic carbocycles. The van der Waals surface area contributed by atoms with Gasteiger partial charge in [-0.1, -0.05) is 12.1 Å². The van der Waals surface area contributed by atoms with Crippen molar-refractivity contribution in [2.75, 3.05) is 18.5 Å². The maximum atomic E-state index is 12.7. The van der Waals surface area contributed by atoms with Gasteiger partial charge in [0.2, 0.25) is 0 Å². The third-order valence-corrected chi connectivity index (χ3v) is 6.33. The highest BCUT2D eigenvalue weighted by atomic mass is 32.1. The first kappa shape index (κ1) is 18.2. The molecule has 1 aliphatic heterocycles. The van der Waals surface area contributed by atoms with Crippen molar-refractivity contribution in [1.82, 2.24) is 4.98 Å². The molecule has 3 heterocycles. The van der Waals surface area contributed by atoms with Crippen molar-refractivity contribution in [3.8, 4) is 15.6 Å². The fourth-order valence-corrected chi connectivity index (χ4v) is 4.50. The summed E-state index contributed by atoms with van der Waals surface area (Å²) in [6, 6.07) is 9.75. The monoisotopic (exact) mass is 400 g/mol. The lowest BCUT2D eigenvalue weighted by atomic mass is 10.2. The molecule has 0 spiro atoms. The fourth-order valence-electron chi connectivity index (χ4n) is 2.89. The lowest BCUT2D eigenvalue weighted by Crippen LogP contribution is -2.18. The number of hydrogen-bond acceptors (Lipinski definition) is 6. The summed E-state index contributed by atoms with van der Waals surface area (Å²) in [5.41, 5.74) is 1.74. The normalized spacial score (nSPS) is 16.4. The Kier molecular flexibility index (Phi) is 5.52. The van der Waals surface area contributed by atoms with E-state index in [-0.39, 0.29) is 12.0 Å². The average Bonchev–Trinajstić information content (AvgIpc) is 3.42. The van der Waals surface area contributed by atoms with Crippen LogP contribution in [0.4, 0.5) is 5.69 Å². The van der Waals surface area contributed by atoms with Crippen molar-refractivity contribution in [1.29, 1.82) is 0 Å². The molecule has 27 heavy (non-hydrogen) atoms. The molecular formula is C20H20N2O3S2. The van der Waals surface area contributed by atoms with Gasteiger partial charge in [0, 0.05) is 6.61 Å². The molecule has 2 aromatic heterocycles. The third kappa shape index (κ3) is 4.37. The number of thiophene rings is 1. The minimum Gasteiger partial charge on any atom is -0.489 e. The maximum absolute atomic E-state index is 12.7. The van der Waals surface area contributed by atoms with Crippen LogP contribution in [0.5, 0.6) is 5.75 Å². The topological polar surface area (TPSA) is 60.5 Å². The Labute approximate surface area is 166 Å². The van der Waals surface area contributed by atoms with Gasteiger partial charge < -0.3 is 14.8 Å². The summed E-state index contributed by atoms with van der Waals surface area (Å²) in [6.07, 6.45) is 3.84. The van der Waals surface area contributed by atoms with Gasteiger partial charge in [0.25, 0.3) is 5.91 Å². The van der Waals surface area contributed by atoms with Gasteiger partial charge >= 0.3 is 0 Å². The molecule has 3 aromatic rings. The molecule has 1 unspecified atom stereocenters. The second-order valence-electron chi connectivity index (χ2n) is 6.41. The minimum absolute atomic E-state index is 0.129. The van der Waals surface area contributed by atoms with E-state index >= 15 is 0 Å². The van der Waals surface area contributed by atoms with Crippen LogP contribution in [0, 0.1) is 6.92 Å². The lowest BCUT2D eigenvalue weighted by Gasteiger charge is -2.15. The Morgan fingerprint density at radius 3 is 3.11 bits per heavy atom. The molecule has 0 radical (unpaired) electrons. The van der Waals surface area contributed by atoms with Crippen LogP contribution in [-0.2, 0) is 4.74 Å². The van der Waals surface area contributed by atoms with E-state index in [1.54, 1.807) is 17.5 Å². The van der Waals surface area contributed by atoms with Crippen LogP contribution in [0.25, 0.3) is 9.88 Å². The molecule has 1 aliphatic rings. The number of aromatic nitrogens is 1. The van der Waals surface area contributed by atoms with E-state index < -0.39 is 0 Å². The number of rotatable bonds is 6. The maximum Gasteiger partial charge on any atom is 0.267 e. The number of amides is 1. The number of nitrogens with zero attached hydrogens (tertiary/aromatic N) is 1. The lowest BCUT2D eigenvalue weighted by molar-refractivity contribution is 0.0681. The molecule has 1 fully saturated rings. The molecule has 4 rings (SSSR count). The second kappa shape index (κ2) is 8.21. The van der Waals surface area contributed by atoms with Gasteiger partial charge in [0.1, 0.15) is 22.2 Å². The summed E-state index contributed by atoms with van der Waals surface area (Å²) in [4.78, 5) is 18.7. The minimum atomic E-state index is -0.180. The third-order valence-electron chi connectivity index (χ3n) is 4.30. The van der Waals surface area contributed by atoms with Gasteiger partial charge in [-0.15, -0.1) is 22.7 Å². The van der Waals surface area contributed by atoms with Gasteiger partial charge in [-0.3, -0.25) is 4.79 Å². The van der Waals surface area contributed by atoms with Crippen molar-refractivity contribution in [3.05, 3.63) is 52.3 Å². The number of anilines is 1. The van der Waals surface area contributed by atoms with Gasteiger partial charge in [0.15, 0.2) is 0 Å². The van der Waals surface area contributed by atoms with E-state index in [0.717, 1.165) is 34.9 Å². The highest BCUT2D eigenvalue weighted by molar-refractivity contribution is 7.22. The number of ether oxygens (including phenoxy) is 2. The number of thiazole rings is 1. The highest BCUT2D eigenvalue weighted by Gasteiger charge is 2.18. The number of hydrogen-bond donors (Lipinski definition) is 1. The van der Waals surface area contributed by atoms with E-state index in [2.05, 4.69) is 10.3 Å². The summed E-state index contributed by atoms with van der Waals surface area (Å²) in [5.74, 6) is 0.489. The van der Waals surface area contributed by atoms with Crippen LogP contribution in [0.2, 0.25) is 0 Å². The van der Waals surface area contributed by atoms with Crippen LogP contribution >= 0.6 is 22.7 Å². The molecule has 1 atom stereocenters. The number of nitrogens with one attached hydrogen (secondary N) is 1. The zero-order valence-corrected chi connectivity index (χ0v) is 16.6. The standard InChI is InChI=1S/C20H20N2O3S2/c1-13-6-7-15(16(10-13)25-12-14-4-2-8-24-14)22-19(23)18-11-21-20(27-18)17-5-3-9-26-17/h3,5-7,9-11,14H,2,4,8,12H2,1H3,(H,22,23). The summed E-state index contributed by atoms with van der Waals surface area (Å²) < 4.78 is 11.6.